The Bertz CT molecular complexity index is 217. The van der Waals surface area contributed by atoms with E-state index in [1.165, 1.54) is 6.42 Å². The van der Waals surface area contributed by atoms with Crippen molar-refractivity contribution < 1.29 is 4.79 Å². The highest BCUT2D eigenvalue weighted by molar-refractivity contribution is 5.89. The molecule has 0 N–H and O–H groups in total. The molecule has 1 nitrogen and oxygen atoms in total. The van der Waals surface area contributed by atoms with Gasteiger partial charge >= 0.3 is 0 Å². The molecular formula is C12H22O. The van der Waals surface area contributed by atoms with Gasteiger partial charge in [-0.15, -0.1) is 0 Å². The predicted molar refractivity (Wildman–Crippen MR) is 55.6 cm³/mol. The molecule has 2 fully saturated rings. The van der Waals surface area contributed by atoms with E-state index in [2.05, 4.69) is 20.8 Å². The van der Waals surface area contributed by atoms with E-state index in [0.717, 1.165) is 12.8 Å². The maximum Gasteiger partial charge on any atom is 0.139 e. The van der Waals surface area contributed by atoms with Crippen LogP contribution in [-0.2, 0) is 4.79 Å². The zero-order chi connectivity index (χ0) is 10.3. The molecule has 0 aromatic carbocycles. The van der Waals surface area contributed by atoms with Crippen LogP contribution in [-0.4, -0.2) is 5.78 Å². The maximum atomic E-state index is 11.6. The summed E-state index contributed by atoms with van der Waals surface area (Å²) in [6.07, 6.45) is 3.25. The van der Waals surface area contributed by atoms with Crippen LogP contribution in [0.2, 0.25) is 0 Å². The average Bonchev–Trinajstić information content (AvgIpc) is 2.41. The van der Waals surface area contributed by atoms with E-state index in [-0.39, 0.29) is 10.8 Å². The highest BCUT2D eigenvalue weighted by atomic mass is 16.1. The van der Waals surface area contributed by atoms with Crippen LogP contribution in [0.25, 0.3) is 0 Å². The van der Waals surface area contributed by atoms with Gasteiger partial charge in [0.05, 0.1) is 0 Å². The first-order valence-corrected chi connectivity index (χ1v) is 5.52. The minimum atomic E-state index is 0.0255. The van der Waals surface area contributed by atoms with Gasteiger partial charge in [0.1, 0.15) is 5.78 Å². The van der Waals surface area contributed by atoms with Gasteiger partial charge in [-0.05, 0) is 24.2 Å². The Labute approximate surface area is 81.9 Å². The van der Waals surface area contributed by atoms with Gasteiger partial charge in [0.2, 0.25) is 0 Å². The number of Topliss-reactive ketones (excluding diaryl/α,β-unsaturated/α-hetero) is 1. The Hall–Kier alpha value is -0.330. The molecule has 0 radical (unpaired) electrons. The van der Waals surface area contributed by atoms with E-state index >= 15 is 0 Å². The molecular weight excluding hydrogens is 160 g/mol. The molecule has 13 heavy (non-hydrogen) atoms. The fraction of sp³-hybridized carbons (Fsp3) is 0.917. The van der Waals surface area contributed by atoms with E-state index in [4.69, 9.17) is 0 Å². The van der Waals surface area contributed by atoms with Gasteiger partial charge in [-0.3, -0.25) is 4.79 Å². The van der Waals surface area contributed by atoms with Crippen molar-refractivity contribution in [2.24, 2.45) is 16.7 Å². The number of carbonyl (C=O) groups excluding carboxylic acids is 1. The molecule has 2 aliphatic rings. The normalized spacial score (nSPS) is 40.1. The van der Waals surface area contributed by atoms with E-state index < -0.39 is 0 Å². The van der Waals surface area contributed by atoms with Crippen molar-refractivity contribution >= 4 is 5.78 Å². The number of hydrogen-bond donors (Lipinski definition) is 0. The minimum Gasteiger partial charge on any atom is -0.299 e. The second kappa shape index (κ2) is 3.11. The van der Waals surface area contributed by atoms with Crippen molar-refractivity contribution in [3.8, 4) is 0 Å². The molecule has 0 amide bonds. The Balaban J connectivity index is 0.000000396. The van der Waals surface area contributed by atoms with Crippen LogP contribution in [0.1, 0.15) is 53.9 Å². The van der Waals surface area contributed by atoms with Crippen molar-refractivity contribution in [3.05, 3.63) is 0 Å². The van der Waals surface area contributed by atoms with E-state index in [0.29, 0.717) is 11.7 Å². The van der Waals surface area contributed by atoms with Crippen LogP contribution in [0, 0.1) is 16.7 Å². The van der Waals surface area contributed by atoms with Crippen LogP contribution in [0.4, 0.5) is 0 Å². The molecule has 0 saturated heterocycles. The second-order valence-electron chi connectivity index (χ2n) is 4.92. The molecule has 0 aromatic rings. The molecule has 0 aliphatic heterocycles. The summed E-state index contributed by atoms with van der Waals surface area (Å²) >= 11 is 0. The van der Waals surface area contributed by atoms with Gasteiger partial charge in [0, 0.05) is 11.8 Å². The molecule has 2 atom stereocenters. The Morgan fingerprint density at radius 3 is 1.92 bits per heavy atom. The summed E-state index contributed by atoms with van der Waals surface area (Å²) < 4.78 is 0. The van der Waals surface area contributed by atoms with Gasteiger partial charge in [0.25, 0.3) is 0 Å². The summed E-state index contributed by atoms with van der Waals surface area (Å²) in [7, 11) is 0. The average molecular weight is 182 g/mol. The van der Waals surface area contributed by atoms with Gasteiger partial charge in [-0.2, -0.15) is 0 Å². The van der Waals surface area contributed by atoms with Crippen molar-refractivity contribution in [3.63, 3.8) is 0 Å². The number of carbonyl (C=O) groups is 1. The number of ketones is 1. The Morgan fingerprint density at radius 1 is 1.23 bits per heavy atom. The standard InChI is InChI=1S/C10H16O.C2H6/c1-9(2)7-4-5-10(9,3)8(11)6-7;1-2/h7H,4-6H2,1-3H3;1-2H3. The quantitative estimate of drug-likeness (QED) is 0.561. The third-order valence-electron chi connectivity index (χ3n) is 4.48. The van der Waals surface area contributed by atoms with Crippen LogP contribution < -0.4 is 0 Å². The maximum absolute atomic E-state index is 11.6. The van der Waals surface area contributed by atoms with Crippen molar-refractivity contribution in [1.82, 2.24) is 0 Å². The smallest absolute Gasteiger partial charge is 0.139 e. The summed E-state index contributed by atoms with van der Waals surface area (Å²) in [4.78, 5) is 11.6. The number of hydrogen-bond acceptors (Lipinski definition) is 1. The van der Waals surface area contributed by atoms with Crippen molar-refractivity contribution in [2.45, 2.75) is 53.9 Å². The van der Waals surface area contributed by atoms with Gasteiger partial charge in [-0.1, -0.05) is 34.6 Å². The fourth-order valence-corrected chi connectivity index (χ4v) is 2.90. The molecule has 2 unspecified atom stereocenters. The molecule has 2 saturated carbocycles. The zero-order valence-electron chi connectivity index (χ0n) is 9.61. The Kier molecular flexibility index (Phi) is 2.57. The number of fused-ring (bicyclic) bond motifs is 2. The highest BCUT2D eigenvalue weighted by Gasteiger charge is 2.61. The lowest BCUT2D eigenvalue weighted by Gasteiger charge is -2.32. The fourth-order valence-electron chi connectivity index (χ4n) is 2.90. The number of rotatable bonds is 0. The molecule has 0 heterocycles. The molecule has 0 spiro atoms. The minimum absolute atomic E-state index is 0.0255. The lowest BCUT2D eigenvalue weighted by molar-refractivity contribution is -0.128. The van der Waals surface area contributed by atoms with Crippen LogP contribution in [0.3, 0.4) is 0 Å². The summed E-state index contributed by atoms with van der Waals surface area (Å²) in [6, 6.07) is 0. The van der Waals surface area contributed by atoms with E-state index in [1.54, 1.807) is 0 Å². The van der Waals surface area contributed by atoms with Crippen LogP contribution in [0.5, 0.6) is 0 Å². The third kappa shape index (κ3) is 1.16. The van der Waals surface area contributed by atoms with Gasteiger partial charge < -0.3 is 0 Å². The monoisotopic (exact) mass is 182 g/mol. The molecule has 2 bridgehead atoms. The van der Waals surface area contributed by atoms with E-state index in [1.807, 2.05) is 13.8 Å². The second-order valence-corrected chi connectivity index (χ2v) is 4.92. The summed E-state index contributed by atoms with van der Waals surface area (Å²) in [5.74, 6) is 1.19. The summed E-state index contributed by atoms with van der Waals surface area (Å²) in [5, 5.41) is 0. The van der Waals surface area contributed by atoms with Crippen molar-refractivity contribution in [1.29, 1.82) is 0 Å². The van der Waals surface area contributed by atoms with Crippen molar-refractivity contribution in [2.75, 3.05) is 0 Å². The first-order chi connectivity index (χ1) is 5.98. The SMILES string of the molecule is CC.CC12CCC(CC1=O)C2(C)C. The summed E-state index contributed by atoms with van der Waals surface area (Å²) in [6.45, 7) is 10.7. The van der Waals surface area contributed by atoms with Gasteiger partial charge in [0.15, 0.2) is 0 Å². The molecule has 76 valence electrons. The molecule has 2 aliphatic carbocycles. The molecule has 0 aromatic heterocycles. The van der Waals surface area contributed by atoms with Crippen LogP contribution in [0.15, 0.2) is 0 Å². The lowest BCUT2D eigenvalue weighted by Crippen LogP contribution is -2.32. The molecule has 2 rings (SSSR count). The largest absolute Gasteiger partial charge is 0.299 e. The highest BCUT2D eigenvalue weighted by Crippen LogP contribution is 2.63. The Morgan fingerprint density at radius 2 is 1.77 bits per heavy atom. The zero-order valence-corrected chi connectivity index (χ0v) is 9.61. The topological polar surface area (TPSA) is 17.1 Å². The van der Waals surface area contributed by atoms with Crippen LogP contribution >= 0.6 is 0 Å². The third-order valence-corrected chi connectivity index (χ3v) is 4.48. The first kappa shape index (κ1) is 10.7. The van der Waals surface area contributed by atoms with Gasteiger partial charge in [-0.25, -0.2) is 0 Å². The summed E-state index contributed by atoms with van der Waals surface area (Å²) in [5.41, 5.74) is 0.307. The predicted octanol–water partition coefficient (Wildman–Crippen LogP) is 3.43. The molecule has 1 heteroatoms. The first-order valence-electron chi connectivity index (χ1n) is 5.52. The van der Waals surface area contributed by atoms with E-state index in [9.17, 15) is 4.79 Å². The lowest BCUT2D eigenvalue weighted by atomic mass is 9.70.